The lowest BCUT2D eigenvalue weighted by Gasteiger charge is -2.14. The Morgan fingerprint density at radius 1 is 0.923 bits per heavy atom. The topological polar surface area (TPSA) is 78.9 Å². The minimum absolute atomic E-state index is 0.441. The van der Waals surface area contributed by atoms with Gasteiger partial charge in [0, 0.05) is 19.8 Å². The molecule has 2 aromatic rings. The van der Waals surface area contributed by atoms with Gasteiger partial charge in [-0.1, -0.05) is 12.1 Å². The highest BCUT2D eigenvalue weighted by molar-refractivity contribution is 5.85. The van der Waals surface area contributed by atoms with Crippen molar-refractivity contribution >= 4 is 17.9 Å². The van der Waals surface area contributed by atoms with Gasteiger partial charge in [0.1, 0.15) is 5.75 Å². The lowest BCUT2D eigenvalue weighted by molar-refractivity contribution is 0.202. The van der Waals surface area contributed by atoms with Crippen LogP contribution in [0.25, 0.3) is 0 Å². The Hall–Kier alpha value is -3.02. The lowest BCUT2D eigenvalue weighted by Crippen LogP contribution is -2.23. The highest BCUT2D eigenvalue weighted by atomic mass is 16.5. The molecule has 0 unspecified atom stereocenters. The van der Waals surface area contributed by atoms with Crippen LogP contribution in [-0.4, -0.2) is 31.4 Å². The number of anilines is 1. The molecule has 6 nitrogen and oxygen atoms in total. The molecule has 0 aliphatic carbocycles. The highest BCUT2D eigenvalue weighted by Crippen LogP contribution is 2.17. The molecule has 2 rings (SSSR count). The third-order valence-corrected chi connectivity index (χ3v) is 4.06. The summed E-state index contributed by atoms with van der Waals surface area (Å²) in [5.74, 6) is 0.572. The van der Waals surface area contributed by atoms with Crippen molar-refractivity contribution in [1.82, 2.24) is 5.32 Å². The molecule has 26 heavy (non-hydrogen) atoms. The average molecular weight is 358 g/mol. The van der Waals surface area contributed by atoms with Crippen molar-refractivity contribution in [2.75, 3.05) is 19.0 Å². The normalized spacial score (nSPS) is 9.62. The van der Waals surface area contributed by atoms with E-state index in [1.165, 1.54) is 30.1 Å². The van der Waals surface area contributed by atoms with E-state index < -0.39 is 12.2 Å². The molecular formula is C20H26N2O4. The number of ether oxygens (including phenoxy) is 1. The zero-order chi connectivity index (χ0) is 19.9. The fourth-order valence-corrected chi connectivity index (χ4v) is 1.98. The zero-order valence-electron chi connectivity index (χ0n) is 16.1. The fourth-order valence-electron chi connectivity index (χ4n) is 1.98. The molecule has 6 heteroatoms. The van der Waals surface area contributed by atoms with Gasteiger partial charge in [-0.05, 0) is 74.2 Å². The third-order valence-electron chi connectivity index (χ3n) is 4.06. The van der Waals surface area contributed by atoms with Gasteiger partial charge in [-0.2, -0.15) is 0 Å². The maximum absolute atomic E-state index is 10.8. The number of carbonyl (C=O) groups excluding carboxylic acids is 1. The average Bonchev–Trinajstić information content (AvgIpc) is 2.60. The minimum atomic E-state index is -0.941. The Bertz CT molecular complexity index is 785. The molecule has 0 spiro atoms. The van der Waals surface area contributed by atoms with Crippen molar-refractivity contribution < 1.29 is 19.4 Å². The van der Waals surface area contributed by atoms with Crippen LogP contribution in [0.4, 0.5) is 15.3 Å². The monoisotopic (exact) mass is 358 g/mol. The Kier molecular flexibility index (Phi) is 7.65. The molecule has 140 valence electrons. The van der Waals surface area contributed by atoms with Gasteiger partial charge in [-0.25, -0.2) is 9.59 Å². The number of hydrogen-bond acceptors (Lipinski definition) is 3. The second-order valence-corrected chi connectivity index (χ2v) is 6.00. The number of rotatable bonds is 2. The van der Waals surface area contributed by atoms with Gasteiger partial charge in [0.25, 0.3) is 0 Å². The molecule has 0 bridgehead atoms. The Labute approximate surface area is 154 Å². The quantitative estimate of drug-likeness (QED) is 0.832. The van der Waals surface area contributed by atoms with E-state index in [4.69, 9.17) is 9.84 Å². The number of aryl methyl sites for hydroxylation is 4. The molecule has 0 atom stereocenters. The van der Waals surface area contributed by atoms with Gasteiger partial charge in [-0.3, -0.25) is 4.90 Å². The smallest absolute Gasteiger partial charge is 0.412 e. The Morgan fingerprint density at radius 3 is 1.92 bits per heavy atom. The summed E-state index contributed by atoms with van der Waals surface area (Å²) in [6.07, 6.45) is -1.38. The van der Waals surface area contributed by atoms with Crippen molar-refractivity contribution in [2.24, 2.45) is 0 Å². The van der Waals surface area contributed by atoms with E-state index in [0.717, 1.165) is 11.1 Å². The second-order valence-electron chi connectivity index (χ2n) is 6.00. The van der Waals surface area contributed by atoms with Crippen LogP contribution in [-0.2, 0) is 0 Å². The van der Waals surface area contributed by atoms with Gasteiger partial charge in [0.05, 0.1) is 0 Å². The van der Waals surface area contributed by atoms with Crippen LogP contribution in [0.2, 0.25) is 0 Å². The first-order valence-corrected chi connectivity index (χ1v) is 8.16. The first-order valence-electron chi connectivity index (χ1n) is 8.16. The molecular weight excluding hydrogens is 332 g/mol. The second kappa shape index (κ2) is 9.46. The lowest BCUT2D eigenvalue weighted by atomic mass is 10.1. The van der Waals surface area contributed by atoms with Gasteiger partial charge < -0.3 is 15.2 Å². The molecule has 0 aliphatic rings. The molecule has 0 heterocycles. The summed E-state index contributed by atoms with van der Waals surface area (Å²) in [6.45, 7) is 7.96. The predicted octanol–water partition coefficient (Wildman–Crippen LogP) is 4.44. The van der Waals surface area contributed by atoms with Gasteiger partial charge in [0.15, 0.2) is 0 Å². The molecule has 0 aliphatic heterocycles. The molecule has 2 N–H and O–H groups in total. The summed E-state index contributed by atoms with van der Waals surface area (Å²) in [6, 6.07) is 11.1. The van der Waals surface area contributed by atoms with Crippen LogP contribution in [0.3, 0.4) is 0 Å². The Morgan fingerprint density at radius 2 is 1.46 bits per heavy atom. The van der Waals surface area contributed by atoms with E-state index in [1.807, 2.05) is 52.0 Å². The maximum Gasteiger partial charge on any atom is 0.412 e. The summed E-state index contributed by atoms with van der Waals surface area (Å²) < 4.78 is 4.95. The van der Waals surface area contributed by atoms with Gasteiger partial charge >= 0.3 is 12.2 Å². The van der Waals surface area contributed by atoms with Crippen LogP contribution < -0.4 is 15.0 Å². The van der Waals surface area contributed by atoms with E-state index in [1.54, 1.807) is 12.1 Å². The summed E-state index contributed by atoms with van der Waals surface area (Å²) in [5, 5.41) is 11.1. The number of nitrogens with zero attached hydrogens (tertiary/aromatic N) is 1. The summed E-state index contributed by atoms with van der Waals surface area (Å²) in [7, 11) is 3.07. The number of carbonyl (C=O) groups is 2. The van der Waals surface area contributed by atoms with Crippen LogP contribution in [0, 0.1) is 27.7 Å². The summed E-state index contributed by atoms with van der Waals surface area (Å²) in [5.41, 5.74) is 5.27. The minimum Gasteiger partial charge on any atom is -0.465 e. The molecule has 2 aromatic carbocycles. The number of hydrogen-bond donors (Lipinski definition) is 2. The number of amides is 2. The molecule has 0 radical (unpaired) electrons. The van der Waals surface area contributed by atoms with Crippen molar-refractivity contribution in [1.29, 1.82) is 0 Å². The third kappa shape index (κ3) is 6.12. The van der Waals surface area contributed by atoms with Crippen molar-refractivity contribution in [2.45, 2.75) is 27.7 Å². The van der Waals surface area contributed by atoms with E-state index in [9.17, 15) is 9.59 Å². The molecule has 0 aromatic heterocycles. The van der Waals surface area contributed by atoms with Crippen LogP contribution >= 0.6 is 0 Å². The molecule has 0 saturated carbocycles. The van der Waals surface area contributed by atoms with Gasteiger partial charge in [-0.15, -0.1) is 0 Å². The first-order chi connectivity index (χ1) is 12.1. The molecule has 2 amide bonds. The number of benzene rings is 2. The first kappa shape index (κ1) is 21.0. The van der Waals surface area contributed by atoms with E-state index >= 15 is 0 Å². The largest absolute Gasteiger partial charge is 0.465 e. The van der Waals surface area contributed by atoms with Crippen molar-refractivity contribution in [3.63, 3.8) is 0 Å². The molecule has 0 saturated heterocycles. The van der Waals surface area contributed by atoms with E-state index in [2.05, 4.69) is 5.32 Å². The Balaban J connectivity index is 0.000000260. The highest BCUT2D eigenvalue weighted by Gasteiger charge is 2.08. The van der Waals surface area contributed by atoms with Crippen LogP contribution in [0.15, 0.2) is 36.4 Å². The number of nitrogens with one attached hydrogen (secondary N) is 1. The predicted molar refractivity (Wildman–Crippen MR) is 103 cm³/mol. The van der Waals surface area contributed by atoms with Crippen LogP contribution in [0.5, 0.6) is 5.75 Å². The maximum atomic E-state index is 10.8. The van der Waals surface area contributed by atoms with E-state index in [-0.39, 0.29) is 0 Å². The standard InChI is InChI=1S/2C10H13NO2/c1-7-4-5-9(6-8(7)2)13-10(12)11-3;1-7-4-5-9(6-8(7)2)11(3)10(12)13/h4-6H,1-3H3,(H,11,12);4-6H,1-3H3,(H,12,13). The molecule has 0 fully saturated rings. The number of carboxylic acid groups (broad SMARTS) is 1. The van der Waals surface area contributed by atoms with Crippen molar-refractivity contribution in [3.8, 4) is 5.75 Å². The van der Waals surface area contributed by atoms with E-state index in [0.29, 0.717) is 11.4 Å². The van der Waals surface area contributed by atoms with Crippen molar-refractivity contribution in [3.05, 3.63) is 58.7 Å². The zero-order valence-corrected chi connectivity index (χ0v) is 16.1. The SMILES string of the molecule is CNC(=O)Oc1ccc(C)c(C)c1.Cc1ccc(N(C)C(=O)O)cc1C. The van der Waals surface area contributed by atoms with Gasteiger partial charge in [0.2, 0.25) is 0 Å². The fraction of sp³-hybridized carbons (Fsp3) is 0.300. The van der Waals surface area contributed by atoms with Crippen LogP contribution in [0.1, 0.15) is 22.3 Å². The summed E-state index contributed by atoms with van der Waals surface area (Å²) >= 11 is 0. The summed E-state index contributed by atoms with van der Waals surface area (Å²) in [4.78, 5) is 22.7.